The average molecular weight is 503 g/mol. The van der Waals surface area contributed by atoms with E-state index in [4.69, 9.17) is 4.74 Å². The van der Waals surface area contributed by atoms with Crippen LogP contribution in [-0.2, 0) is 4.79 Å². The van der Waals surface area contributed by atoms with Crippen molar-refractivity contribution in [1.29, 1.82) is 0 Å². The Hall–Kier alpha value is -1.58. The summed E-state index contributed by atoms with van der Waals surface area (Å²) in [7, 11) is 1.66. The molecule has 2 aliphatic rings. The fraction of sp³-hybridized carbons (Fsp3) is 0.381. The van der Waals surface area contributed by atoms with Gasteiger partial charge >= 0.3 is 171 Å². The van der Waals surface area contributed by atoms with Gasteiger partial charge in [0.2, 0.25) is 0 Å². The molecule has 0 spiro atoms. The van der Waals surface area contributed by atoms with E-state index in [1.54, 1.807) is 7.05 Å². The molecule has 1 aromatic rings. The van der Waals surface area contributed by atoms with Crippen LogP contribution in [0.1, 0.15) is 0 Å². The van der Waals surface area contributed by atoms with Gasteiger partial charge < -0.3 is 0 Å². The van der Waals surface area contributed by atoms with E-state index in [2.05, 4.69) is 11.9 Å². The van der Waals surface area contributed by atoms with Crippen LogP contribution in [0.25, 0.3) is 0 Å². The molecule has 1 heterocycles. The fourth-order valence-corrected chi connectivity index (χ4v) is 9.75. The van der Waals surface area contributed by atoms with Crippen molar-refractivity contribution in [2.75, 3.05) is 31.3 Å². The first kappa shape index (κ1) is 21.1. The SMILES string of the molecule is C=C1C=CC(C2CI2C(=O)[C@](O)(CNC)COc2ccc(F)cc2)C=C1CF. The first-order valence-corrected chi connectivity index (χ1v) is 12.8. The van der Waals surface area contributed by atoms with Crippen molar-refractivity contribution in [2.45, 2.75) is 9.53 Å². The number of carbonyl (C=O) groups is 1. The van der Waals surface area contributed by atoms with Gasteiger partial charge in [-0.1, -0.05) is 0 Å². The van der Waals surface area contributed by atoms with Gasteiger partial charge in [-0.3, -0.25) is 0 Å². The van der Waals surface area contributed by atoms with Crippen LogP contribution in [0.3, 0.4) is 0 Å². The van der Waals surface area contributed by atoms with Crippen molar-refractivity contribution in [2.24, 2.45) is 5.92 Å². The number of ether oxygens (including phenoxy) is 1. The van der Waals surface area contributed by atoms with E-state index in [1.807, 2.05) is 18.2 Å². The van der Waals surface area contributed by atoms with Gasteiger partial charge in [-0.05, 0) is 0 Å². The Balaban J connectivity index is 1.66. The van der Waals surface area contributed by atoms with E-state index in [9.17, 15) is 18.7 Å². The molecule has 1 saturated heterocycles. The quantitative estimate of drug-likeness (QED) is 0.309. The topological polar surface area (TPSA) is 58.6 Å². The van der Waals surface area contributed by atoms with E-state index in [-0.39, 0.29) is 32.6 Å². The van der Waals surface area contributed by atoms with Crippen molar-refractivity contribution >= 4 is 23.6 Å². The van der Waals surface area contributed by atoms with Gasteiger partial charge in [-0.15, -0.1) is 0 Å². The number of benzene rings is 1. The summed E-state index contributed by atoms with van der Waals surface area (Å²) in [5, 5.41) is 13.8. The zero-order valence-corrected chi connectivity index (χ0v) is 17.8. The number of likely N-dealkylation sites (N-methyl/N-ethyl adjacent to an activating group) is 1. The van der Waals surface area contributed by atoms with E-state index in [1.165, 1.54) is 24.3 Å². The summed E-state index contributed by atoms with van der Waals surface area (Å²) in [5.41, 5.74) is -0.379. The van der Waals surface area contributed by atoms with Gasteiger partial charge in [0.25, 0.3) is 0 Å². The summed E-state index contributed by atoms with van der Waals surface area (Å²) < 4.78 is 32.6. The first-order chi connectivity index (χ1) is 13.4. The predicted octanol–water partition coefficient (Wildman–Crippen LogP) is 3.21. The molecule has 3 atom stereocenters. The van der Waals surface area contributed by atoms with Crippen LogP contribution < -0.4 is 10.1 Å². The van der Waals surface area contributed by atoms with Crippen LogP contribution in [0, 0.1) is 11.7 Å². The standard InChI is InChI=1S/C21H24F2INO3/c1-14-3-4-15(9-16(14)10-22)19-11-24(19)20(26)21(27,12-25-2)13-28-18-7-5-17(23)6-8-18/h3-9,15,19,25,27H,1,10-13H2,2H3/t15?,19?,21-/m0/s1. The molecule has 1 fully saturated rings. The third kappa shape index (κ3) is 4.69. The number of carbonyl (C=O) groups excluding carboxylic acids is 1. The number of halogens is 3. The molecule has 0 aromatic heterocycles. The molecule has 2 N–H and O–H groups in total. The molecule has 2 unspecified atom stereocenters. The number of hydrogen-bond acceptors (Lipinski definition) is 4. The normalized spacial score (nSPS) is 24.5. The van der Waals surface area contributed by atoms with Gasteiger partial charge in [-0.2, -0.15) is 0 Å². The summed E-state index contributed by atoms with van der Waals surface area (Å²) >= 11 is -2.07. The molecule has 1 aromatic carbocycles. The molecule has 152 valence electrons. The van der Waals surface area contributed by atoms with Crippen molar-refractivity contribution in [3.05, 3.63) is 66.0 Å². The molecule has 3 rings (SSSR count). The van der Waals surface area contributed by atoms with Gasteiger partial charge in [0.05, 0.1) is 0 Å². The third-order valence-corrected chi connectivity index (χ3v) is 11.0. The third-order valence-electron chi connectivity index (χ3n) is 4.78. The molecule has 0 amide bonds. The van der Waals surface area contributed by atoms with Crippen molar-refractivity contribution < 1.29 is 23.4 Å². The summed E-state index contributed by atoms with van der Waals surface area (Å²) in [6.45, 7) is 3.14. The molecule has 4 nitrogen and oxygen atoms in total. The van der Waals surface area contributed by atoms with E-state index in [0.717, 1.165) is 4.43 Å². The van der Waals surface area contributed by atoms with Crippen molar-refractivity contribution in [3.8, 4) is 5.75 Å². The fourth-order valence-electron chi connectivity index (χ4n) is 3.11. The molecular formula is C21H24F2INO3. The van der Waals surface area contributed by atoms with Crippen LogP contribution in [0.2, 0.25) is 0 Å². The first-order valence-electron chi connectivity index (χ1n) is 8.96. The van der Waals surface area contributed by atoms with Gasteiger partial charge in [-0.25, -0.2) is 0 Å². The van der Waals surface area contributed by atoms with Crippen molar-refractivity contribution in [3.63, 3.8) is 0 Å². The Bertz CT molecular complexity index is 808. The summed E-state index contributed by atoms with van der Waals surface area (Å²) in [6.07, 6.45) is 5.65. The van der Waals surface area contributed by atoms with Crippen molar-refractivity contribution in [1.82, 2.24) is 5.32 Å². The summed E-state index contributed by atoms with van der Waals surface area (Å²) in [5.74, 6) is 0.0402. The predicted molar refractivity (Wildman–Crippen MR) is 114 cm³/mol. The Kier molecular flexibility index (Phi) is 6.67. The maximum absolute atomic E-state index is 13.1. The van der Waals surface area contributed by atoms with Crippen LogP contribution in [0.4, 0.5) is 8.78 Å². The molecule has 7 heteroatoms. The van der Waals surface area contributed by atoms with Gasteiger partial charge in [0.1, 0.15) is 0 Å². The molecule has 28 heavy (non-hydrogen) atoms. The minimum absolute atomic E-state index is 0.0299. The number of hydrogen-bond donors (Lipinski definition) is 2. The average Bonchev–Trinajstić information content (AvgIpc) is 3.48. The van der Waals surface area contributed by atoms with Crippen LogP contribution in [0.5, 0.6) is 5.75 Å². The Morgan fingerprint density at radius 2 is 2.14 bits per heavy atom. The van der Waals surface area contributed by atoms with Gasteiger partial charge in [0, 0.05) is 0 Å². The van der Waals surface area contributed by atoms with E-state index >= 15 is 0 Å². The van der Waals surface area contributed by atoms with E-state index in [0.29, 0.717) is 16.9 Å². The number of allylic oxidation sites excluding steroid dienone is 5. The zero-order chi connectivity index (χ0) is 20.3. The molecule has 0 saturated carbocycles. The number of nitrogens with one attached hydrogen (secondary N) is 1. The van der Waals surface area contributed by atoms with E-state index < -0.39 is 32.1 Å². The maximum atomic E-state index is 13.1. The monoisotopic (exact) mass is 503 g/mol. The zero-order valence-electron chi connectivity index (χ0n) is 15.6. The molecule has 0 bridgehead atoms. The number of aliphatic hydroxyl groups is 1. The Labute approximate surface area is 170 Å². The summed E-state index contributed by atoms with van der Waals surface area (Å²) in [4.78, 5) is 13.1. The van der Waals surface area contributed by atoms with Crippen LogP contribution in [0.15, 0.2) is 60.2 Å². The Morgan fingerprint density at radius 3 is 2.79 bits per heavy atom. The van der Waals surface area contributed by atoms with Gasteiger partial charge in [0.15, 0.2) is 0 Å². The number of rotatable bonds is 9. The second-order valence-corrected chi connectivity index (χ2v) is 12.7. The molecule has 0 radical (unpaired) electrons. The molecular weight excluding hydrogens is 479 g/mol. The molecule has 1 aliphatic heterocycles. The number of alkyl halides is 3. The van der Waals surface area contributed by atoms with Crippen LogP contribution >= 0.6 is 19.8 Å². The van der Waals surface area contributed by atoms with Crippen LogP contribution in [-0.4, -0.2) is 49.7 Å². The minimum atomic E-state index is -2.07. The molecule has 1 aliphatic carbocycles. The summed E-state index contributed by atoms with van der Waals surface area (Å²) in [6, 6.07) is 5.45. The second-order valence-electron chi connectivity index (χ2n) is 6.93. The Morgan fingerprint density at radius 1 is 1.43 bits per heavy atom. The second kappa shape index (κ2) is 8.84.